The van der Waals surface area contributed by atoms with Gasteiger partial charge in [0.05, 0.1) is 6.04 Å². The number of alkyl halides is 3. The van der Waals surface area contributed by atoms with Crippen LogP contribution in [-0.4, -0.2) is 24.5 Å². The van der Waals surface area contributed by atoms with Gasteiger partial charge in [0.1, 0.15) is 12.3 Å². The summed E-state index contributed by atoms with van der Waals surface area (Å²) in [5, 5.41) is 0. The number of aryl methyl sites for hydroxylation is 1. The predicted octanol–water partition coefficient (Wildman–Crippen LogP) is 2.01. The molecule has 1 aromatic carbocycles. The first-order valence-corrected chi connectivity index (χ1v) is 6.56. The average molecular weight is 286 g/mol. The monoisotopic (exact) mass is 286 g/mol. The summed E-state index contributed by atoms with van der Waals surface area (Å²) >= 11 is 0. The Balaban J connectivity index is 2.16. The van der Waals surface area contributed by atoms with Gasteiger partial charge >= 0.3 is 6.18 Å². The number of hydrazine groups is 1. The van der Waals surface area contributed by atoms with Crippen molar-refractivity contribution in [2.75, 3.05) is 0 Å². The van der Waals surface area contributed by atoms with E-state index in [0.717, 1.165) is 17.5 Å². The van der Waals surface area contributed by atoms with Gasteiger partial charge in [-0.05, 0) is 24.0 Å². The summed E-state index contributed by atoms with van der Waals surface area (Å²) in [5.41, 5.74) is 6.54. The third-order valence-electron chi connectivity index (χ3n) is 3.70. The van der Waals surface area contributed by atoms with Crippen molar-refractivity contribution in [2.24, 2.45) is 5.92 Å². The number of nitrogens with one attached hydrogen (secondary N) is 2. The molecule has 0 radical (unpaired) electrons. The minimum atomic E-state index is -4.38. The van der Waals surface area contributed by atoms with Crippen LogP contribution < -0.4 is 10.9 Å². The molecular weight excluding hydrogens is 269 g/mol. The van der Waals surface area contributed by atoms with Crippen LogP contribution in [-0.2, 0) is 17.6 Å². The van der Waals surface area contributed by atoms with Gasteiger partial charge in [0.15, 0.2) is 0 Å². The van der Waals surface area contributed by atoms with Crippen LogP contribution in [0.1, 0.15) is 18.1 Å². The van der Waals surface area contributed by atoms with Crippen LogP contribution in [0.5, 0.6) is 0 Å². The van der Waals surface area contributed by atoms with Gasteiger partial charge in [0.25, 0.3) is 0 Å². The highest BCUT2D eigenvalue weighted by Crippen LogP contribution is 2.31. The summed E-state index contributed by atoms with van der Waals surface area (Å²) in [7, 11) is 0. The van der Waals surface area contributed by atoms with Crippen molar-refractivity contribution in [3.05, 3.63) is 35.4 Å². The topological polar surface area (TPSA) is 41.1 Å². The van der Waals surface area contributed by atoms with E-state index < -0.39 is 24.2 Å². The molecule has 6 heteroatoms. The Kier molecular flexibility index (Phi) is 4.45. The summed E-state index contributed by atoms with van der Waals surface area (Å²) < 4.78 is 38.8. The molecule has 1 saturated heterocycles. The number of carbonyl (C=O) groups is 1. The standard InChI is InChI=1S/C14H17F3N2O/c1-2-9-3-5-10(6-4-9)7-11-12(8-20)18-19-13(11)14(15,16)17/h3-6,8,11-13,18-19H,2,7H2,1H3. The minimum Gasteiger partial charge on any atom is -0.302 e. The van der Waals surface area contributed by atoms with E-state index >= 15 is 0 Å². The Morgan fingerprint density at radius 1 is 1.15 bits per heavy atom. The van der Waals surface area contributed by atoms with Gasteiger partial charge in [-0.2, -0.15) is 13.2 Å². The highest BCUT2D eigenvalue weighted by Gasteiger charge is 2.50. The Morgan fingerprint density at radius 2 is 1.75 bits per heavy atom. The fourth-order valence-corrected chi connectivity index (χ4v) is 2.49. The molecule has 110 valence electrons. The van der Waals surface area contributed by atoms with Gasteiger partial charge in [-0.3, -0.25) is 0 Å². The third kappa shape index (κ3) is 3.19. The number of benzene rings is 1. The van der Waals surface area contributed by atoms with Crippen molar-refractivity contribution in [1.29, 1.82) is 0 Å². The largest absolute Gasteiger partial charge is 0.405 e. The molecule has 0 amide bonds. The minimum absolute atomic E-state index is 0.206. The zero-order valence-corrected chi connectivity index (χ0v) is 11.1. The number of hydrogen-bond donors (Lipinski definition) is 2. The highest BCUT2D eigenvalue weighted by molar-refractivity contribution is 5.59. The smallest absolute Gasteiger partial charge is 0.302 e. The van der Waals surface area contributed by atoms with Crippen LogP contribution in [0.25, 0.3) is 0 Å². The van der Waals surface area contributed by atoms with E-state index in [1.165, 1.54) is 0 Å². The molecule has 0 aliphatic carbocycles. The molecular formula is C14H17F3N2O. The highest BCUT2D eigenvalue weighted by atomic mass is 19.4. The fraction of sp³-hybridized carbons (Fsp3) is 0.500. The van der Waals surface area contributed by atoms with E-state index in [1.807, 2.05) is 31.2 Å². The Hall–Kier alpha value is -1.40. The summed E-state index contributed by atoms with van der Waals surface area (Å²) in [6.45, 7) is 2.02. The van der Waals surface area contributed by atoms with Crippen LogP contribution in [0, 0.1) is 5.92 Å². The first kappa shape index (κ1) is 15.0. The quantitative estimate of drug-likeness (QED) is 0.832. The molecule has 1 aromatic rings. The normalized spacial score (nSPS) is 26.7. The van der Waals surface area contributed by atoms with Crippen molar-refractivity contribution in [3.63, 3.8) is 0 Å². The molecule has 1 fully saturated rings. The molecule has 20 heavy (non-hydrogen) atoms. The zero-order valence-electron chi connectivity index (χ0n) is 11.1. The average Bonchev–Trinajstić information content (AvgIpc) is 2.82. The van der Waals surface area contributed by atoms with Gasteiger partial charge in [-0.25, -0.2) is 10.9 Å². The van der Waals surface area contributed by atoms with Gasteiger partial charge in [0, 0.05) is 5.92 Å². The van der Waals surface area contributed by atoms with E-state index in [0.29, 0.717) is 6.29 Å². The Bertz CT molecular complexity index is 458. The lowest BCUT2D eigenvalue weighted by Crippen LogP contribution is -2.44. The molecule has 0 spiro atoms. The van der Waals surface area contributed by atoms with Gasteiger partial charge in [-0.1, -0.05) is 31.2 Å². The lowest BCUT2D eigenvalue weighted by molar-refractivity contribution is -0.161. The second-order valence-electron chi connectivity index (χ2n) is 5.01. The van der Waals surface area contributed by atoms with Crippen molar-refractivity contribution in [3.8, 4) is 0 Å². The summed E-state index contributed by atoms with van der Waals surface area (Å²) in [4.78, 5) is 10.9. The van der Waals surface area contributed by atoms with Gasteiger partial charge in [-0.15, -0.1) is 0 Å². The van der Waals surface area contributed by atoms with Crippen LogP contribution in [0.2, 0.25) is 0 Å². The molecule has 2 N–H and O–H groups in total. The van der Waals surface area contributed by atoms with Gasteiger partial charge < -0.3 is 4.79 Å². The van der Waals surface area contributed by atoms with Crippen LogP contribution >= 0.6 is 0 Å². The van der Waals surface area contributed by atoms with Crippen molar-refractivity contribution >= 4 is 6.29 Å². The van der Waals surface area contributed by atoms with E-state index in [9.17, 15) is 18.0 Å². The summed E-state index contributed by atoms with van der Waals surface area (Å²) in [6, 6.07) is 4.93. The molecule has 3 atom stereocenters. The van der Waals surface area contributed by atoms with E-state index in [2.05, 4.69) is 10.9 Å². The van der Waals surface area contributed by atoms with Crippen molar-refractivity contribution in [1.82, 2.24) is 10.9 Å². The lowest BCUT2D eigenvalue weighted by Gasteiger charge is -2.22. The molecule has 1 heterocycles. The number of hydrogen-bond acceptors (Lipinski definition) is 3. The van der Waals surface area contributed by atoms with E-state index in [-0.39, 0.29) is 6.42 Å². The third-order valence-corrected chi connectivity index (χ3v) is 3.70. The predicted molar refractivity (Wildman–Crippen MR) is 69.0 cm³/mol. The SMILES string of the molecule is CCc1ccc(CC2C(C=O)NNC2C(F)(F)F)cc1. The van der Waals surface area contributed by atoms with Crippen LogP contribution in [0.4, 0.5) is 13.2 Å². The molecule has 0 aromatic heterocycles. The summed E-state index contributed by atoms with van der Waals surface area (Å²) in [6.07, 6.45) is -2.75. The van der Waals surface area contributed by atoms with Gasteiger partial charge in [0.2, 0.25) is 0 Å². The first-order chi connectivity index (χ1) is 9.45. The second kappa shape index (κ2) is 5.93. The molecule has 2 rings (SSSR count). The van der Waals surface area contributed by atoms with E-state index in [1.54, 1.807) is 0 Å². The Morgan fingerprint density at radius 3 is 2.25 bits per heavy atom. The zero-order chi connectivity index (χ0) is 14.8. The first-order valence-electron chi connectivity index (χ1n) is 6.56. The van der Waals surface area contributed by atoms with Crippen molar-refractivity contribution in [2.45, 2.75) is 38.0 Å². The maximum Gasteiger partial charge on any atom is 0.405 e. The molecule has 3 unspecified atom stereocenters. The maximum absolute atomic E-state index is 12.9. The molecule has 0 saturated carbocycles. The molecule has 1 aliphatic heterocycles. The Labute approximate surface area is 115 Å². The molecule has 1 aliphatic rings. The van der Waals surface area contributed by atoms with Crippen LogP contribution in [0.15, 0.2) is 24.3 Å². The lowest BCUT2D eigenvalue weighted by atomic mass is 9.88. The number of rotatable bonds is 4. The fourth-order valence-electron chi connectivity index (χ4n) is 2.49. The van der Waals surface area contributed by atoms with E-state index in [4.69, 9.17) is 0 Å². The van der Waals surface area contributed by atoms with Crippen molar-refractivity contribution < 1.29 is 18.0 Å². The molecule has 0 bridgehead atoms. The summed E-state index contributed by atoms with van der Waals surface area (Å²) in [5.74, 6) is -0.833. The number of aldehydes is 1. The maximum atomic E-state index is 12.9. The molecule has 3 nitrogen and oxygen atoms in total. The van der Waals surface area contributed by atoms with Crippen LogP contribution in [0.3, 0.4) is 0 Å². The second-order valence-corrected chi connectivity index (χ2v) is 5.01. The number of halogens is 3. The number of carbonyl (C=O) groups excluding carboxylic acids is 1.